The number of aliphatic carboxylic acids is 1. The van der Waals surface area contributed by atoms with Crippen molar-refractivity contribution < 1.29 is 29.0 Å². The highest BCUT2D eigenvalue weighted by molar-refractivity contribution is 7.98. The molecule has 8 heteroatoms. The van der Waals surface area contributed by atoms with E-state index in [1.54, 1.807) is 0 Å². The lowest BCUT2D eigenvalue weighted by Crippen LogP contribution is -2.41. The van der Waals surface area contributed by atoms with E-state index < -0.39 is 23.9 Å². The monoisotopic (exact) mass is 287 g/mol. The Morgan fingerprint density at radius 1 is 1.37 bits per heavy atom. The zero-order valence-corrected chi connectivity index (χ0v) is 10.9. The highest BCUT2D eigenvalue weighted by Crippen LogP contribution is 2.16. The second kappa shape index (κ2) is 6.83. The summed E-state index contributed by atoms with van der Waals surface area (Å²) >= 11 is 1.23. The van der Waals surface area contributed by atoms with Crippen molar-refractivity contribution in [3.8, 4) is 0 Å². The number of amides is 1. The summed E-state index contributed by atoms with van der Waals surface area (Å²) in [6.45, 7) is 1.24. The quantitative estimate of drug-likeness (QED) is 0.679. The minimum Gasteiger partial charge on any atom is -0.480 e. The van der Waals surface area contributed by atoms with Gasteiger partial charge < -0.3 is 19.9 Å². The molecule has 0 radical (unpaired) electrons. The van der Waals surface area contributed by atoms with Crippen molar-refractivity contribution >= 4 is 29.6 Å². The van der Waals surface area contributed by atoms with Crippen LogP contribution in [0.5, 0.6) is 0 Å². The molecule has 1 heterocycles. The number of aromatic carboxylic acids is 1. The minimum atomic E-state index is -1.15. The summed E-state index contributed by atoms with van der Waals surface area (Å²) in [5.41, 5.74) is 0. The third kappa shape index (κ3) is 5.04. The number of hydrogen-bond donors (Lipinski definition) is 3. The number of rotatable bonds is 7. The summed E-state index contributed by atoms with van der Waals surface area (Å²) in [5, 5.41) is 19.8. The van der Waals surface area contributed by atoms with Crippen molar-refractivity contribution in [2.75, 3.05) is 5.75 Å². The van der Waals surface area contributed by atoms with Crippen molar-refractivity contribution in [1.29, 1.82) is 0 Å². The minimum absolute atomic E-state index is 0.160. The van der Waals surface area contributed by atoms with Crippen molar-refractivity contribution in [1.82, 2.24) is 5.32 Å². The van der Waals surface area contributed by atoms with Crippen LogP contribution < -0.4 is 5.32 Å². The Morgan fingerprint density at radius 3 is 2.53 bits per heavy atom. The molecule has 0 aliphatic carbocycles. The molecule has 1 rings (SSSR count). The number of hydrogen-bond acceptors (Lipinski definition) is 5. The largest absolute Gasteiger partial charge is 0.480 e. The molecule has 1 aromatic rings. The van der Waals surface area contributed by atoms with Gasteiger partial charge in [-0.1, -0.05) is 0 Å². The van der Waals surface area contributed by atoms with E-state index in [4.69, 9.17) is 14.6 Å². The molecule has 1 aromatic heterocycles. The smallest absolute Gasteiger partial charge is 0.371 e. The summed E-state index contributed by atoms with van der Waals surface area (Å²) < 4.78 is 5.01. The number of nitrogens with one attached hydrogen (secondary N) is 1. The van der Waals surface area contributed by atoms with Crippen molar-refractivity contribution in [2.45, 2.75) is 18.7 Å². The van der Waals surface area contributed by atoms with Crippen molar-refractivity contribution in [3.63, 3.8) is 0 Å². The first-order valence-corrected chi connectivity index (χ1v) is 6.45. The van der Waals surface area contributed by atoms with Gasteiger partial charge in [-0.2, -0.15) is 11.8 Å². The third-order valence-corrected chi connectivity index (χ3v) is 3.13. The van der Waals surface area contributed by atoms with Crippen LogP contribution >= 0.6 is 11.8 Å². The van der Waals surface area contributed by atoms with Gasteiger partial charge in [0.1, 0.15) is 11.8 Å². The van der Waals surface area contributed by atoms with Gasteiger partial charge in [0.25, 0.3) is 0 Å². The Labute approximate surface area is 113 Å². The van der Waals surface area contributed by atoms with Gasteiger partial charge in [-0.05, 0) is 12.1 Å². The molecule has 0 saturated carbocycles. The first-order chi connectivity index (χ1) is 8.90. The average Bonchev–Trinajstić information content (AvgIpc) is 2.75. The first-order valence-electron chi connectivity index (χ1n) is 5.30. The molecule has 0 aliphatic rings. The zero-order valence-electron chi connectivity index (χ0n) is 10.1. The van der Waals surface area contributed by atoms with Crippen LogP contribution in [0, 0.1) is 0 Å². The van der Waals surface area contributed by atoms with Gasteiger partial charge in [0, 0.05) is 12.7 Å². The van der Waals surface area contributed by atoms with Crippen LogP contribution in [0.15, 0.2) is 16.5 Å². The van der Waals surface area contributed by atoms with Gasteiger partial charge in [-0.15, -0.1) is 0 Å². The van der Waals surface area contributed by atoms with Crippen LogP contribution in [-0.2, 0) is 15.3 Å². The van der Waals surface area contributed by atoms with Gasteiger partial charge in [-0.3, -0.25) is 4.79 Å². The first kappa shape index (κ1) is 15.1. The van der Waals surface area contributed by atoms with Crippen LogP contribution in [-0.4, -0.2) is 39.9 Å². The molecule has 3 N–H and O–H groups in total. The SMILES string of the molecule is CC(=O)NC(CSCc1ccc(C(=O)O)o1)C(=O)O. The molecule has 19 heavy (non-hydrogen) atoms. The van der Waals surface area contributed by atoms with Crippen LogP contribution in [0.25, 0.3) is 0 Å². The van der Waals surface area contributed by atoms with Gasteiger partial charge in [0.15, 0.2) is 0 Å². The van der Waals surface area contributed by atoms with E-state index in [-0.39, 0.29) is 11.5 Å². The summed E-state index contributed by atoms with van der Waals surface area (Å²) in [4.78, 5) is 32.2. The maximum atomic E-state index is 10.8. The fourth-order valence-electron chi connectivity index (χ4n) is 1.27. The molecule has 0 fully saturated rings. The van der Waals surface area contributed by atoms with Crippen LogP contribution in [0.2, 0.25) is 0 Å². The summed E-state index contributed by atoms with van der Waals surface area (Å²) in [6.07, 6.45) is 0. The second-order valence-corrected chi connectivity index (χ2v) is 4.71. The molecule has 0 spiro atoms. The topological polar surface area (TPSA) is 117 Å². The van der Waals surface area contributed by atoms with Gasteiger partial charge >= 0.3 is 11.9 Å². The van der Waals surface area contributed by atoms with E-state index in [1.165, 1.54) is 30.8 Å². The lowest BCUT2D eigenvalue weighted by atomic mass is 10.3. The fraction of sp³-hybridized carbons (Fsp3) is 0.364. The standard InChI is InChI=1S/C11H13NO6S/c1-6(13)12-8(10(14)15)5-19-4-7-2-3-9(18-7)11(16)17/h2-3,8H,4-5H2,1H3,(H,12,13)(H,14,15)(H,16,17). The van der Waals surface area contributed by atoms with E-state index in [9.17, 15) is 14.4 Å². The van der Waals surface area contributed by atoms with Gasteiger partial charge in [0.2, 0.25) is 11.7 Å². The van der Waals surface area contributed by atoms with Crippen molar-refractivity contribution in [2.24, 2.45) is 0 Å². The number of carboxylic acid groups (broad SMARTS) is 2. The summed E-state index contributed by atoms with van der Waals surface area (Å²) in [5.74, 6) is -1.92. The highest BCUT2D eigenvalue weighted by atomic mass is 32.2. The van der Waals surface area contributed by atoms with E-state index >= 15 is 0 Å². The molecule has 104 valence electrons. The molecule has 0 aromatic carbocycles. The Balaban J connectivity index is 2.44. The van der Waals surface area contributed by atoms with Crippen LogP contribution in [0.3, 0.4) is 0 Å². The molecule has 1 amide bonds. The van der Waals surface area contributed by atoms with Crippen molar-refractivity contribution in [3.05, 3.63) is 23.7 Å². The molecular weight excluding hydrogens is 274 g/mol. The predicted molar refractivity (Wildman–Crippen MR) is 67.1 cm³/mol. The molecule has 0 bridgehead atoms. The normalized spacial score (nSPS) is 11.8. The van der Waals surface area contributed by atoms with Crippen LogP contribution in [0.1, 0.15) is 23.2 Å². The predicted octanol–water partition coefficient (Wildman–Crippen LogP) is 0.800. The summed E-state index contributed by atoms with van der Waals surface area (Å²) in [6, 6.07) is 1.88. The zero-order chi connectivity index (χ0) is 14.4. The lowest BCUT2D eigenvalue weighted by molar-refractivity contribution is -0.140. The number of carbonyl (C=O) groups excluding carboxylic acids is 1. The molecule has 0 aliphatic heterocycles. The number of carbonyl (C=O) groups is 3. The van der Waals surface area contributed by atoms with E-state index in [0.717, 1.165) is 0 Å². The van der Waals surface area contributed by atoms with E-state index in [0.29, 0.717) is 11.5 Å². The number of furan rings is 1. The molecule has 0 saturated heterocycles. The molecule has 7 nitrogen and oxygen atoms in total. The van der Waals surface area contributed by atoms with E-state index in [2.05, 4.69) is 5.32 Å². The van der Waals surface area contributed by atoms with Gasteiger partial charge in [-0.25, -0.2) is 9.59 Å². The Morgan fingerprint density at radius 2 is 2.05 bits per heavy atom. The Bertz CT molecular complexity index is 483. The van der Waals surface area contributed by atoms with Crippen LogP contribution in [0.4, 0.5) is 0 Å². The maximum absolute atomic E-state index is 10.8. The fourth-order valence-corrected chi connectivity index (χ4v) is 2.20. The molecular formula is C11H13NO6S. The third-order valence-electron chi connectivity index (χ3n) is 2.08. The molecule has 1 atom stereocenters. The number of carboxylic acids is 2. The highest BCUT2D eigenvalue weighted by Gasteiger charge is 2.18. The Kier molecular flexibility index (Phi) is 5.43. The maximum Gasteiger partial charge on any atom is 0.371 e. The van der Waals surface area contributed by atoms with E-state index in [1.807, 2.05) is 0 Å². The second-order valence-electron chi connectivity index (χ2n) is 3.68. The Hall–Kier alpha value is -1.96. The van der Waals surface area contributed by atoms with Gasteiger partial charge in [0.05, 0.1) is 5.75 Å². The summed E-state index contributed by atoms with van der Waals surface area (Å²) in [7, 11) is 0. The average molecular weight is 287 g/mol. The number of thioether (sulfide) groups is 1. The lowest BCUT2D eigenvalue weighted by Gasteiger charge is -2.11. The molecule has 1 unspecified atom stereocenters.